The van der Waals surface area contributed by atoms with Gasteiger partial charge in [0.1, 0.15) is 10.8 Å². The van der Waals surface area contributed by atoms with Crippen molar-refractivity contribution in [1.82, 2.24) is 4.98 Å². The largest absolute Gasteiger partial charge is 0.482 e. The molecule has 5 nitrogen and oxygen atoms in total. The number of ether oxygens (including phenoxy) is 2. The first kappa shape index (κ1) is 23.6. The Kier molecular flexibility index (Phi) is 7.40. The van der Waals surface area contributed by atoms with Gasteiger partial charge >= 0.3 is 12.1 Å². The van der Waals surface area contributed by atoms with Gasteiger partial charge < -0.3 is 14.4 Å². The van der Waals surface area contributed by atoms with E-state index in [9.17, 15) is 18.0 Å². The molecule has 0 spiro atoms. The Morgan fingerprint density at radius 3 is 2.34 bits per heavy atom. The molecule has 0 saturated heterocycles. The van der Waals surface area contributed by atoms with Crippen molar-refractivity contribution in [3.63, 3.8) is 0 Å². The third-order valence-electron chi connectivity index (χ3n) is 4.67. The van der Waals surface area contributed by atoms with Crippen LogP contribution in [0.2, 0.25) is 0 Å². The average Bonchev–Trinajstić information content (AvgIpc) is 3.12. The third-order valence-corrected chi connectivity index (χ3v) is 5.86. The molecule has 0 unspecified atom stereocenters. The molecule has 3 aromatic rings. The quantitative estimate of drug-likeness (QED) is 0.400. The fourth-order valence-corrected chi connectivity index (χ4v) is 4.07. The van der Waals surface area contributed by atoms with Crippen molar-refractivity contribution in [1.29, 1.82) is 0 Å². The maximum absolute atomic E-state index is 12.8. The minimum atomic E-state index is -4.36. The van der Waals surface area contributed by atoms with Crippen molar-refractivity contribution in [3.05, 3.63) is 64.7 Å². The highest BCUT2D eigenvalue weighted by atomic mass is 32.1. The molecule has 2 aromatic carbocycles. The molecule has 0 aliphatic heterocycles. The number of rotatable bonds is 8. The first-order valence-corrected chi connectivity index (χ1v) is 10.7. The SMILES string of the molecule is CCOC(=O)COc1ccc(N(C)Cc2sc(-c3ccc(C(F)(F)F)cc3)nc2C)cc1. The maximum atomic E-state index is 12.8. The summed E-state index contributed by atoms with van der Waals surface area (Å²) in [5.74, 6) is 0.145. The molecular formula is C23H23F3N2O3S. The molecule has 0 fully saturated rings. The zero-order chi connectivity index (χ0) is 23.3. The summed E-state index contributed by atoms with van der Waals surface area (Å²) >= 11 is 1.46. The van der Waals surface area contributed by atoms with E-state index in [-0.39, 0.29) is 6.61 Å². The van der Waals surface area contributed by atoms with Crippen LogP contribution in [0, 0.1) is 6.92 Å². The Morgan fingerprint density at radius 1 is 1.09 bits per heavy atom. The summed E-state index contributed by atoms with van der Waals surface area (Å²) in [6, 6.07) is 12.4. The predicted octanol–water partition coefficient (Wildman–Crippen LogP) is 5.72. The monoisotopic (exact) mass is 464 g/mol. The Hall–Kier alpha value is -3.07. The lowest BCUT2D eigenvalue weighted by atomic mass is 10.1. The van der Waals surface area contributed by atoms with E-state index in [0.717, 1.165) is 28.4 Å². The molecule has 9 heteroatoms. The molecule has 0 N–H and O–H groups in total. The highest BCUT2D eigenvalue weighted by Crippen LogP contribution is 2.33. The van der Waals surface area contributed by atoms with E-state index in [4.69, 9.17) is 9.47 Å². The van der Waals surface area contributed by atoms with E-state index in [2.05, 4.69) is 4.98 Å². The smallest absolute Gasteiger partial charge is 0.416 e. The Morgan fingerprint density at radius 2 is 1.75 bits per heavy atom. The van der Waals surface area contributed by atoms with E-state index < -0.39 is 17.7 Å². The summed E-state index contributed by atoms with van der Waals surface area (Å²) in [7, 11) is 1.94. The summed E-state index contributed by atoms with van der Waals surface area (Å²) in [5, 5.41) is 0.683. The van der Waals surface area contributed by atoms with Crippen LogP contribution in [-0.2, 0) is 22.3 Å². The number of benzene rings is 2. The van der Waals surface area contributed by atoms with Crippen LogP contribution in [0.5, 0.6) is 5.75 Å². The van der Waals surface area contributed by atoms with Crippen molar-refractivity contribution in [2.24, 2.45) is 0 Å². The second-order valence-corrected chi connectivity index (χ2v) is 8.13. The second kappa shape index (κ2) is 10.0. The number of thiazole rings is 1. The number of anilines is 1. The van der Waals surface area contributed by atoms with Gasteiger partial charge in [-0.2, -0.15) is 13.2 Å². The number of carbonyl (C=O) groups excluding carboxylic acids is 1. The van der Waals surface area contributed by atoms with E-state index in [1.807, 2.05) is 31.0 Å². The van der Waals surface area contributed by atoms with Gasteiger partial charge in [-0.3, -0.25) is 0 Å². The van der Waals surface area contributed by atoms with Crippen molar-refractivity contribution in [2.45, 2.75) is 26.6 Å². The highest BCUT2D eigenvalue weighted by molar-refractivity contribution is 7.15. The fourth-order valence-electron chi connectivity index (χ4n) is 2.95. The number of aryl methyl sites for hydroxylation is 1. The molecule has 0 amide bonds. The van der Waals surface area contributed by atoms with E-state index in [0.29, 0.717) is 29.5 Å². The van der Waals surface area contributed by atoms with Gasteiger partial charge in [0.05, 0.1) is 24.4 Å². The van der Waals surface area contributed by atoms with Gasteiger partial charge in [0.2, 0.25) is 0 Å². The Bertz CT molecular complexity index is 1050. The predicted molar refractivity (Wildman–Crippen MR) is 118 cm³/mol. The molecule has 32 heavy (non-hydrogen) atoms. The van der Waals surface area contributed by atoms with Crippen LogP contribution in [0.1, 0.15) is 23.1 Å². The van der Waals surface area contributed by atoms with Crippen LogP contribution in [-0.4, -0.2) is 31.2 Å². The number of aromatic nitrogens is 1. The number of hydrogen-bond donors (Lipinski definition) is 0. The first-order chi connectivity index (χ1) is 15.2. The van der Waals surface area contributed by atoms with Crippen molar-refractivity contribution in [2.75, 3.05) is 25.2 Å². The van der Waals surface area contributed by atoms with Crippen molar-refractivity contribution >= 4 is 23.0 Å². The molecule has 1 heterocycles. The molecule has 0 aliphatic carbocycles. The second-order valence-electron chi connectivity index (χ2n) is 7.05. The van der Waals surface area contributed by atoms with Gasteiger partial charge in [-0.05, 0) is 50.2 Å². The summed E-state index contributed by atoms with van der Waals surface area (Å²) < 4.78 is 48.6. The minimum Gasteiger partial charge on any atom is -0.482 e. The summed E-state index contributed by atoms with van der Waals surface area (Å²) in [4.78, 5) is 19.0. The van der Waals surface area contributed by atoms with Gasteiger partial charge in [-0.15, -0.1) is 11.3 Å². The van der Waals surface area contributed by atoms with Crippen LogP contribution < -0.4 is 9.64 Å². The zero-order valence-electron chi connectivity index (χ0n) is 17.9. The van der Waals surface area contributed by atoms with Crippen LogP contribution in [0.3, 0.4) is 0 Å². The molecule has 170 valence electrons. The van der Waals surface area contributed by atoms with E-state index in [1.54, 1.807) is 19.1 Å². The molecule has 0 bridgehead atoms. The fraction of sp³-hybridized carbons (Fsp3) is 0.304. The van der Waals surface area contributed by atoms with Crippen LogP contribution in [0.25, 0.3) is 10.6 Å². The molecule has 0 aliphatic rings. The van der Waals surface area contributed by atoms with Crippen LogP contribution in [0.4, 0.5) is 18.9 Å². The summed E-state index contributed by atoms with van der Waals surface area (Å²) in [6.07, 6.45) is -4.36. The summed E-state index contributed by atoms with van der Waals surface area (Å²) in [6.45, 7) is 4.38. The van der Waals surface area contributed by atoms with Gasteiger partial charge in [0, 0.05) is 23.2 Å². The number of nitrogens with zero attached hydrogens (tertiary/aromatic N) is 2. The van der Waals surface area contributed by atoms with Gasteiger partial charge in [0.15, 0.2) is 6.61 Å². The number of halogens is 3. The molecular weight excluding hydrogens is 441 g/mol. The average molecular weight is 465 g/mol. The number of carbonyl (C=O) groups is 1. The zero-order valence-corrected chi connectivity index (χ0v) is 18.7. The lowest BCUT2D eigenvalue weighted by molar-refractivity contribution is -0.145. The van der Waals surface area contributed by atoms with E-state index >= 15 is 0 Å². The van der Waals surface area contributed by atoms with Crippen LogP contribution in [0.15, 0.2) is 48.5 Å². The number of hydrogen-bond acceptors (Lipinski definition) is 6. The molecule has 1 aromatic heterocycles. The van der Waals surface area contributed by atoms with Crippen molar-refractivity contribution < 1.29 is 27.4 Å². The third kappa shape index (κ3) is 6.00. The van der Waals surface area contributed by atoms with Gasteiger partial charge in [0.25, 0.3) is 0 Å². The van der Waals surface area contributed by atoms with Crippen molar-refractivity contribution in [3.8, 4) is 16.3 Å². The number of esters is 1. The lowest BCUT2D eigenvalue weighted by Gasteiger charge is -2.19. The van der Waals surface area contributed by atoms with E-state index in [1.165, 1.54) is 23.5 Å². The summed E-state index contributed by atoms with van der Waals surface area (Å²) in [5.41, 5.74) is 1.76. The Balaban J connectivity index is 1.65. The molecule has 0 radical (unpaired) electrons. The molecule has 0 atom stereocenters. The number of alkyl halides is 3. The normalized spacial score (nSPS) is 11.3. The maximum Gasteiger partial charge on any atom is 0.416 e. The molecule has 3 rings (SSSR count). The first-order valence-electron chi connectivity index (χ1n) is 9.91. The minimum absolute atomic E-state index is 0.143. The van der Waals surface area contributed by atoms with Gasteiger partial charge in [-0.25, -0.2) is 9.78 Å². The Labute approximate surface area is 188 Å². The topological polar surface area (TPSA) is 51.7 Å². The molecule has 0 saturated carbocycles. The van der Waals surface area contributed by atoms with Crippen LogP contribution >= 0.6 is 11.3 Å². The highest BCUT2D eigenvalue weighted by Gasteiger charge is 2.30. The standard InChI is InChI=1S/C23H23F3N2O3S/c1-4-30-21(29)14-31-19-11-9-18(10-12-19)28(3)13-20-15(2)27-22(32-20)16-5-7-17(8-6-16)23(24,25)26/h5-12H,4,13-14H2,1-3H3. The van der Waals surface area contributed by atoms with Gasteiger partial charge in [-0.1, -0.05) is 12.1 Å². The lowest BCUT2D eigenvalue weighted by Crippen LogP contribution is -2.16.